The minimum absolute atomic E-state index is 0.0498. The van der Waals surface area contributed by atoms with Crippen LogP contribution in [-0.4, -0.2) is 98.1 Å². The van der Waals surface area contributed by atoms with Gasteiger partial charge >= 0.3 is 5.97 Å². The third-order valence-corrected chi connectivity index (χ3v) is 8.97. The van der Waals surface area contributed by atoms with Crippen LogP contribution in [0.25, 0.3) is 0 Å². The first kappa shape index (κ1) is 33.6. The number of aliphatic carboxylic acids is 1. The number of carboxylic acids is 1. The van der Waals surface area contributed by atoms with Gasteiger partial charge in [0.2, 0.25) is 11.7 Å². The van der Waals surface area contributed by atoms with E-state index in [1.54, 1.807) is 14.1 Å². The van der Waals surface area contributed by atoms with Gasteiger partial charge in [0.1, 0.15) is 17.1 Å². The quantitative estimate of drug-likeness (QED) is 0.0921. The van der Waals surface area contributed by atoms with Crippen molar-refractivity contribution in [3.63, 3.8) is 0 Å². The highest BCUT2D eigenvalue weighted by molar-refractivity contribution is 6.25. The van der Waals surface area contributed by atoms with Crippen molar-refractivity contribution in [3.8, 4) is 5.75 Å². The van der Waals surface area contributed by atoms with Gasteiger partial charge in [-0.1, -0.05) is 32.3 Å². The zero-order valence-electron chi connectivity index (χ0n) is 25.4. The Hall–Kier alpha value is -4.27. The second-order valence-electron chi connectivity index (χ2n) is 12.1. The molecule has 3 aliphatic carbocycles. The number of carboxylic acid groups (broad SMARTS) is 1. The standard InChI is InChI=1S/C31H40N4O10/c1-4-5-6-7-10-33-18(13-19(36)37)30(44)34-17-9-8-14-11-15-12-16-23(35(2)3)26(40)22(29(32)43)28(42)31(16,45)27(41)21(15)25(39)20(14)24(17)38/h8-9,15-16,18,23,33,38,40-41,45H,4-7,10-13H2,1-3H3,(H2,32,43)(H,34,44)(H,36,37)/t15?,16?,18?,23-,31-/m0/s1. The lowest BCUT2D eigenvalue weighted by molar-refractivity contribution is -0.148. The lowest BCUT2D eigenvalue weighted by Gasteiger charge is -2.50. The number of carbonyl (C=O) groups excluding carboxylic acids is 4. The minimum atomic E-state index is -2.77. The molecule has 45 heavy (non-hydrogen) atoms. The van der Waals surface area contributed by atoms with Gasteiger partial charge in [-0.05, 0) is 57.5 Å². The van der Waals surface area contributed by atoms with Crippen molar-refractivity contribution in [1.29, 1.82) is 0 Å². The van der Waals surface area contributed by atoms with Crippen molar-refractivity contribution in [2.75, 3.05) is 26.0 Å². The SMILES string of the molecule is CCCCCCNC(CC(=O)O)C(=O)Nc1ccc2c(c1O)C(=O)C1=C(O)[C@]3(O)C(=O)C(C(N)=O)=C(O)[C@@H](N(C)C)C3CC1C2. The summed E-state index contributed by atoms with van der Waals surface area (Å²) in [6.45, 7) is 2.45. The van der Waals surface area contributed by atoms with Crippen LogP contribution < -0.4 is 16.4 Å². The number of amides is 2. The van der Waals surface area contributed by atoms with Gasteiger partial charge in [0, 0.05) is 11.5 Å². The molecule has 244 valence electrons. The van der Waals surface area contributed by atoms with E-state index < -0.39 is 88.1 Å². The zero-order valence-corrected chi connectivity index (χ0v) is 25.4. The van der Waals surface area contributed by atoms with E-state index in [4.69, 9.17) is 5.73 Å². The second kappa shape index (κ2) is 13.0. The van der Waals surface area contributed by atoms with E-state index in [1.807, 2.05) is 6.92 Å². The number of aromatic hydroxyl groups is 1. The Morgan fingerprint density at radius 3 is 2.40 bits per heavy atom. The number of nitrogens with two attached hydrogens (primary N) is 1. The Kier molecular flexibility index (Phi) is 9.71. The van der Waals surface area contributed by atoms with E-state index >= 15 is 0 Å². The van der Waals surface area contributed by atoms with Gasteiger partial charge in [0.15, 0.2) is 17.1 Å². The summed E-state index contributed by atoms with van der Waals surface area (Å²) in [4.78, 5) is 65.4. The number of rotatable bonds is 12. The van der Waals surface area contributed by atoms with Crippen LogP contribution in [0.3, 0.4) is 0 Å². The van der Waals surface area contributed by atoms with Crippen LogP contribution in [0.5, 0.6) is 5.75 Å². The monoisotopic (exact) mass is 628 g/mol. The van der Waals surface area contributed by atoms with Crippen molar-refractivity contribution in [3.05, 3.63) is 45.9 Å². The number of unbranched alkanes of at least 4 members (excludes halogenated alkanes) is 3. The highest BCUT2D eigenvalue weighted by Crippen LogP contribution is 2.52. The number of nitrogens with zero attached hydrogens (tertiary/aromatic N) is 1. The minimum Gasteiger partial charge on any atom is -0.510 e. The first-order valence-electron chi connectivity index (χ1n) is 14.9. The molecule has 0 fully saturated rings. The van der Waals surface area contributed by atoms with E-state index in [0.717, 1.165) is 25.7 Å². The molecule has 0 radical (unpaired) electrons. The lowest BCUT2D eigenvalue weighted by Crippen LogP contribution is -2.63. The van der Waals surface area contributed by atoms with Gasteiger partial charge in [-0.15, -0.1) is 0 Å². The van der Waals surface area contributed by atoms with Crippen LogP contribution in [0.1, 0.15) is 61.4 Å². The third-order valence-electron chi connectivity index (χ3n) is 8.97. The molecule has 2 amide bonds. The van der Waals surface area contributed by atoms with Crippen molar-refractivity contribution in [2.24, 2.45) is 17.6 Å². The number of aliphatic hydroxyl groups is 3. The van der Waals surface area contributed by atoms with Gasteiger partial charge in [-0.3, -0.25) is 28.9 Å². The molecule has 0 heterocycles. The fraction of sp³-hybridized carbons (Fsp3) is 0.516. The van der Waals surface area contributed by atoms with Crippen LogP contribution >= 0.6 is 0 Å². The Morgan fingerprint density at radius 1 is 1.11 bits per heavy atom. The Balaban J connectivity index is 1.69. The van der Waals surface area contributed by atoms with E-state index in [2.05, 4.69) is 10.6 Å². The molecular weight excluding hydrogens is 588 g/mol. The highest BCUT2D eigenvalue weighted by Gasteiger charge is 2.63. The summed E-state index contributed by atoms with van der Waals surface area (Å²) in [5, 5.41) is 59.9. The van der Waals surface area contributed by atoms with Crippen LogP contribution in [0.15, 0.2) is 34.8 Å². The van der Waals surface area contributed by atoms with Crippen molar-refractivity contribution in [1.82, 2.24) is 10.2 Å². The number of primary amides is 1. The molecule has 3 aliphatic rings. The average Bonchev–Trinajstić information content (AvgIpc) is 2.95. The molecule has 14 heteroatoms. The summed E-state index contributed by atoms with van der Waals surface area (Å²) in [5.41, 5.74) is 1.30. The number of phenolic OH excluding ortho intramolecular Hbond substituents is 1. The van der Waals surface area contributed by atoms with Gasteiger partial charge in [0.25, 0.3) is 5.91 Å². The Morgan fingerprint density at radius 2 is 1.80 bits per heavy atom. The number of likely N-dealkylation sites (N-methyl/N-ethyl adjacent to an activating group) is 1. The van der Waals surface area contributed by atoms with Crippen LogP contribution in [0.2, 0.25) is 0 Å². The molecule has 0 bridgehead atoms. The molecule has 5 atom stereocenters. The summed E-state index contributed by atoms with van der Waals surface area (Å²) in [7, 11) is 3.09. The van der Waals surface area contributed by atoms with E-state index in [0.29, 0.717) is 12.1 Å². The van der Waals surface area contributed by atoms with Gasteiger partial charge < -0.3 is 41.9 Å². The van der Waals surface area contributed by atoms with Crippen LogP contribution in [-0.2, 0) is 25.6 Å². The average molecular weight is 629 g/mol. The number of Topliss-reactive ketones (excluding diaryl/α,β-unsaturated/α-hetero) is 2. The molecule has 0 aliphatic heterocycles. The fourth-order valence-corrected chi connectivity index (χ4v) is 6.81. The van der Waals surface area contributed by atoms with Gasteiger partial charge in [-0.25, -0.2) is 0 Å². The topological polar surface area (TPSA) is 240 Å². The molecule has 0 saturated heterocycles. The number of benzene rings is 1. The van der Waals surface area contributed by atoms with E-state index in [9.17, 15) is 49.5 Å². The van der Waals surface area contributed by atoms with Crippen molar-refractivity contribution < 1.29 is 49.5 Å². The molecule has 3 unspecified atom stereocenters. The highest BCUT2D eigenvalue weighted by atomic mass is 16.4. The summed E-state index contributed by atoms with van der Waals surface area (Å²) in [6.07, 6.45) is 3.16. The number of hydrogen-bond acceptors (Lipinski definition) is 11. The molecule has 4 rings (SSSR count). The first-order valence-corrected chi connectivity index (χ1v) is 14.9. The first-order chi connectivity index (χ1) is 21.2. The summed E-state index contributed by atoms with van der Waals surface area (Å²) < 4.78 is 0. The predicted octanol–water partition coefficient (Wildman–Crippen LogP) is 1.07. The number of phenols is 1. The number of nitrogens with one attached hydrogen (secondary N) is 2. The summed E-state index contributed by atoms with van der Waals surface area (Å²) >= 11 is 0. The molecular formula is C31H40N4O10. The summed E-state index contributed by atoms with van der Waals surface area (Å²) in [5.74, 6) is -9.65. The zero-order chi connectivity index (χ0) is 33.4. The molecule has 14 nitrogen and oxygen atoms in total. The maximum Gasteiger partial charge on any atom is 0.305 e. The third kappa shape index (κ3) is 5.92. The molecule has 1 aromatic rings. The smallest absolute Gasteiger partial charge is 0.305 e. The summed E-state index contributed by atoms with van der Waals surface area (Å²) in [6, 6.07) is 0.675. The molecule has 0 saturated carbocycles. The molecule has 0 spiro atoms. The Bertz CT molecular complexity index is 1500. The largest absolute Gasteiger partial charge is 0.510 e. The maximum atomic E-state index is 13.9. The number of allylic oxidation sites excluding steroid dienone is 1. The van der Waals surface area contributed by atoms with E-state index in [-0.39, 0.29) is 29.7 Å². The van der Waals surface area contributed by atoms with Gasteiger partial charge in [0.05, 0.1) is 29.8 Å². The van der Waals surface area contributed by atoms with E-state index in [1.165, 1.54) is 17.0 Å². The second-order valence-corrected chi connectivity index (χ2v) is 12.1. The molecule has 1 aromatic carbocycles. The number of anilines is 1. The van der Waals surface area contributed by atoms with Crippen LogP contribution in [0.4, 0.5) is 5.69 Å². The number of carbonyl (C=O) groups is 5. The fourth-order valence-electron chi connectivity index (χ4n) is 6.81. The number of fused-ring (bicyclic) bond motifs is 3. The predicted molar refractivity (Wildman–Crippen MR) is 160 cm³/mol. The Labute approximate surface area is 259 Å². The number of ketones is 2. The van der Waals surface area contributed by atoms with Crippen molar-refractivity contribution >= 4 is 35.0 Å². The maximum absolute atomic E-state index is 13.9. The van der Waals surface area contributed by atoms with Crippen LogP contribution in [0, 0.1) is 11.8 Å². The molecule has 9 N–H and O–H groups in total. The number of aliphatic hydroxyl groups excluding tert-OH is 2. The normalized spacial score (nSPS) is 25.0. The lowest BCUT2D eigenvalue weighted by atomic mass is 9.58. The molecule has 0 aromatic heterocycles. The van der Waals surface area contributed by atoms with Gasteiger partial charge in [-0.2, -0.15) is 0 Å². The number of hydrogen-bond donors (Lipinski definition) is 8. The van der Waals surface area contributed by atoms with Crippen molar-refractivity contribution in [2.45, 2.75) is 69.6 Å².